The van der Waals surface area contributed by atoms with E-state index in [1.807, 2.05) is 54.8 Å². The van der Waals surface area contributed by atoms with Crippen molar-refractivity contribution in [1.82, 2.24) is 45.1 Å². The number of likely N-dealkylation sites (tertiary alicyclic amines) is 1. The lowest BCUT2D eigenvalue weighted by Crippen LogP contribution is -2.33. The summed E-state index contributed by atoms with van der Waals surface area (Å²) < 4.78 is 42.7. The van der Waals surface area contributed by atoms with Crippen LogP contribution in [0.2, 0.25) is 5.02 Å². The van der Waals surface area contributed by atoms with Crippen molar-refractivity contribution in [1.29, 1.82) is 0 Å². The number of aromatic hydroxyl groups is 2. The minimum atomic E-state index is -4.58. The molecule has 71 heavy (non-hydrogen) atoms. The van der Waals surface area contributed by atoms with Gasteiger partial charge in [-0.25, -0.2) is 0 Å². The largest absolute Gasteiger partial charge is 0.508 e. The minimum absolute atomic E-state index is 0.0911. The zero-order chi connectivity index (χ0) is 50.1. The van der Waals surface area contributed by atoms with Crippen LogP contribution >= 0.6 is 22.9 Å². The molecule has 0 aliphatic carbocycles. The fourth-order valence-corrected chi connectivity index (χ4v) is 10.7. The summed E-state index contributed by atoms with van der Waals surface area (Å²) >= 11 is 7.94. The highest BCUT2D eigenvalue weighted by Crippen LogP contribution is 2.40. The minimum Gasteiger partial charge on any atom is -0.508 e. The number of fused-ring (bicyclic) bond motifs is 3. The highest BCUT2D eigenvalue weighted by molar-refractivity contribution is 7.15. The van der Waals surface area contributed by atoms with E-state index in [9.17, 15) is 33.3 Å². The second kappa shape index (κ2) is 20.7. The number of nitrogens with zero attached hydrogens (tertiary/aromatic N) is 8. The van der Waals surface area contributed by atoms with Gasteiger partial charge in [0.1, 0.15) is 28.4 Å². The number of nitrogens with one attached hydrogen (secondary N) is 2. The van der Waals surface area contributed by atoms with Crippen LogP contribution in [0.3, 0.4) is 0 Å². The van der Waals surface area contributed by atoms with Gasteiger partial charge in [0.25, 0.3) is 0 Å². The molecular weight excluding hydrogens is 953 g/mol. The number of aromatic nitrogens is 6. The van der Waals surface area contributed by atoms with Crippen LogP contribution in [0, 0.1) is 26.7 Å². The van der Waals surface area contributed by atoms with Crippen molar-refractivity contribution in [2.75, 3.05) is 19.6 Å². The average Bonchev–Trinajstić information content (AvgIpc) is 4.02. The van der Waals surface area contributed by atoms with Gasteiger partial charge in [-0.05, 0) is 124 Å². The maximum atomic E-state index is 13.6. The molecule has 4 aromatic carbocycles. The van der Waals surface area contributed by atoms with Crippen LogP contribution in [-0.2, 0) is 30.7 Å². The predicted molar refractivity (Wildman–Crippen MR) is 266 cm³/mol. The smallest absolute Gasteiger partial charge is 0.401 e. The molecule has 9 rings (SSSR count). The molecule has 370 valence electrons. The number of aliphatic hydroxyl groups is 1. The van der Waals surface area contributed by atoms with Gasteiger partial charge in [-0.15, -0.1) is 31.7 Å². The first-order valence-corrected chi connectivity index (χ1v) is 24.7. The SMILES string of the molecule is CCc1cc(-c2nnc(C(O)NCC(F)(F)F)n2-c2ccc(CC3CCN(Cc4ccc(CNC(=O)C[C@@H]5N=C(c6ccc(Cl)cc6)c6c(sc(C)c6C)-n6c(C)nnc65)cc4)CC3)cc2)c(O)cc1O. The predicted octanol–water partition coefficient (Wildman–Crippen LogP) is 9.32. The molecule has 2 aliphatic rings. The number of aliphatic hydroxyl groups excluding tert-OH is 1. The highest BCUT2D eigenvalue weighted by atomic mass is 35.5. The molecule has 0 spiro atoms. The van der Waals surface area contributed by atoms with E-state index in [2.05, 4.69) is 74.0 Å². The molecule has 0 bridgehead atoms. The van der Waals surface area contributed by atoms with Crippen molar-refractivity contribution in [3.8, 4) is 33.6 Å². The number of carbonyl (C=O) groups excluding carboxylic acids is 1. The van der Waals surface area contributed by atoms with Gasteiger partial charge in [0.2, 0.25) is 5.91 Å². The number of aryl methyl sites for hydroxylation is 3. The summed E-state index contributed by atoms with van der Waals surface area (Å²) in [6, 6.07) is 25.6. The number of piperidine rings is 1. The number of halogens is 4. The summed E-state index contributed by atoms with van der Waals surface area (Å²) in [5.74, 6) is 1.15. The van der Waals surface area contributed by atoms with Crippen LogP contribution in [-0.4, -0.2) is 87.2 Å². The van der Waals surface area contributed by atoms with Crippen molar-refractivity contribution in [2.45, 2.75) is 91.3 Å². The molecule has 1 fully saturated rings. The Morgan fingerprint density at radius 3 is 2.25 bits per heavy atom. The summed E-state index contributed by atoms with van der Waals surface area (Å²) in [5, 5.41) is 55.9. The number of rotatable bonds is 15. The fourth-order valence-electron chi connectivity index (χ4n) is 9.36. The van der Waals surface area contributed by atoms with Gasteiger partial charge >= 0.3 is 6.18 Å². The Labute approximate surface area is 417 Å². The first-order valence-electron chi connectivity index (χ1n) is 23.5. The van der Waals surface area contributed by atoms with E-state index in [1.54, 1.807) is 29.5 Å². The number of amides is 1. The van der Waals surface area contributed by atoms with E-state index < -0.39 is 25.0 Å². The Morgan fingerprint density at radius 1 is 0.873 bits per heavy atom. The molecule has 1 saturated heterocycles. The quantitative estimate of drug-likeness (QED) is 0.0622. The highest BCUT2D eigenvalue weighted by Gasteiger charge is 2.34. The van der Waals surface area contributed by atoms with Crippen molar-refractivity contribution < 1.29 is 33.3 Å². The number of benzene rings is 4. The van der Waals surface area contributed by atoms with E-state index in [1.165, 1.54) is 21.1 Å². The van der Waals surface area contributed by atoms with Crippen molar-refractivity contribution >= 4 is 34.6 Å². The molecule has 5 N–H and O–H groups in total. The van der Waals surface area contributed by atoms with E-state index >= 15 is 0 Å². The Morgan fingerprint density at radius 2 is 1.56 bits per heavy atom. The number of hydrogen-bond acceptors (Lipinski definition) is 12. The maximum absolute atomic E-state index is 13.6. The summed E-state index contributed by atoms with van der Waals surface area (Å²) in [6.07, 6.45) is -3.04. The van der Waals surface area contributed by atoms with E-state index in [0.29, 0.717) is 41.0 Å². The van der Waals surface area contributed by atoms with Gasteiger partial charge in [0.15, 0.2) is 23.7 Å². The van der Waals surface area contributed by atoms with Crippen LogP contribution in [0.5, 0.6) is 11.5 Å². The first-order chi connectivity index (χ1) is 34.0. The maximum Gasteiger partial charge on any atom is 0.401 e. The number of carbonyl (C=O) groups is 1. The van der Waals surface area contributed by atoms with Crippen LogP contribution in [0.15, 0.2) is 89.9 Å². The lowest BCUT2D eigenvalue weighted by atomic mass is 9.90. The van der Waals surface area contributed by atoms with Gasteiger partial charge in [-0.2, -0.15) is 13.2 Å². The average molecular weight is 1010 g/mol. The van der Waals surface area contributed by atoms with Gasteiger partial charge in [-0.1, -0.05) is 67.1 Å². The van der Waals surface area contributed by atoms with Gasteiger partial charge < -0.3 is 20.6 Å². The summed E-state index contributed by atoms with van der Waals surface area (Å²) in [6.45, 7) is 9.51. The molecule has 3 aromatic heterocycles. The van der Waals surface area contributed by atoms with Gasteiger partial charge in [-0.3, -0.25) is 29.1 Å². The molecule has 2 atom stereocenters. The Kier molecular flexibility index (Phi) is 14.5. The lowest BCUT2D eigenvalue weighted by molar-refractivity contribution is -0.131. The Hall–Kier alpha value is -6.44. The van der Waals surface area contributed by atoms with Crippen molar-refractivity contribution in [3.63, 3.8) is 0 Å². The zero-order valence-electron chi connectivity index (χ0n) is 39.6. The summed E-state index contributed by atoms with van der Waals surface area (Å²) in [4.78, 5) is 22.5. The molecular formula is C52H54ClF3N10O4S. The molecule has 19 heteroatoms. The van der Waals surface area contributed by atoms with Crippen LogP contribution < -0.4 is 10.6 Å². The number of aliphatic imine (C=N–C) groups is 1. The zero-order valence-corrected chi connectivity index (χ0v) is 41.2. The second-order valence-corrected chi connectivity index (χ2v) is 19.9. The van der Waals surface area contributed by atoms with E-state index in [-0.39, 0.29) is 41.0 Å². The first kappa shape index (κ1) is 49.5. The second-order valence-electron chi connectivity index (χ2n) is 18.3. The van der Waals surface area contributed by atoms with Crippen molar-refractivity contribution in [3.05, 3.63) is 151 Å². The number of phenolic OH excluding ortho intramolecular Hbond substituents is 2. The molecule has 14 nitrogen and oxygen atoms in total. The molecule has 1 unspecified atom stereocenters. The molecule has 7 aromatic rings. The number of alkyl halides is 3. The monoisotopic (exact) mass is 1010 g/mol. The normalized spacial score (nSPS) is 15.8. The molecule has 5 heterocycles. The summed E-state index contributed by atoms with van der Waals surface area (Å²) in [7, 11) is 0. The van der Waals surface area contributed by atoms with Crippen LogP contribution in [0.4, 0.5) is 13.2 Å². The third kappa shape index (κ3) is 10.9. The molecule has 1 amide bonds. The molecule has 0 radical (unpaired) electrons. The number of phenols is 2. The Bertz CT molecular complexity index is 3070. The molecule has 2 aliphatic heterocycles. The third-order valence-corrected chi connectivity index (χ3v) is 14.8. The van der Waals surface area contributed by atoms with E-state index in [0.717, 1.165) is 83.3 Å². The number of hydrogen-bond donors (Lipinski definition) is 5. The van der Waals surface area contributed by atoms with Gasteiger partial charge in [0, 0.05) is 45.9 Å². The standard InChI is InChI=1S/C52H54ClF3N10O4S/c1-5-36-23-40(43(68)25-42(36)67)47-61-63-49(50(70)58-28-52(54,55)56)66(47)39-16-10-32(11-17-39)22-33-18-20-64(21-19-33)27-35-8-6-34(7-9-35)26-57-44(69)24-41-48-62-60-31(4)65(48)51-45(29(2)30(3)71-51)46(59-41)37-12-14-38(53)15-13-37/h6-17,23,25,33,41,50,58,67-68,70H,5,18-22,24,26-28H2,1-4H3,(H,57,69)/t41-,50?/m0/s1. The van der Waals surface area contributed by atoms with E-state index in [4.69, 9.17) is 16.6 Å². The van der Waals surface area contributed by atoms with Gasteiger partial charge in [0.05, 0.1) is 24.2 Å². The molecule has 0 saturated carbocycles. The Balaban J connectivity index is 0.798. The van der Waals surface area contributed by atoms with Crippen LogP contribution in [0.1, 0.15) is 99.8 Å². The van der Waals surface area contributed by atoms with Crippen molar-refractivity contribution in [2.24, 2.45) is 10.9 Å². The topological polar surface area (TPSA) is 179 Å². The lowest BCUT2D eigenvalue weighted by Gasteiger charge is -2.32. The fraction of sp³-hybridized carbons (Fsp3) is 0.346. The number of thiophene rings is 1. The third-order valence-electron chi connectivity index (χ3n) is 13.3. The van der Waals surface area contributed by atoms with Crippen LogP contribution in [0.25, 0.3) is 22.1 Å². The summed E-state index contributed by atoms with van der Waals surface area (Å²) in [5.41, 5.74) is 8.30.